The Hall–Kier alpha value is 0.660. The maximum absolute atomic E-state index is 3.41. The first-order valence-electron chi connectivity index (χ1n) is 3.32. The highest BCUT2D eigenvalue weighted by Gasteiger charge is 2.11. The number of hydrogen-bond donors (Lipinski definition) is 1. The van der Waals surface area contributed by atoms with Crippen molar-refractivity contribution in [2.24, 2.45) is 0 Å². The molecule has 1 heterocycles. The van der Waals surface area contributed by atoms with Crippen molar-refractivity contribution in [3.05, 3.63) is 0 Å². The molecule has 0 spiro atoms. The lowest BCUT2D eigenvalue weighted by Crippen LogP contribution is -2.24. The standard InChI is InChI=1S/C6H13NS2/c1-5-3-7-4-6(2)9-8-5/h5-7H,3-4H2,1-2H3. The molecule has 9 heavy (non-hydrogen) atoms. The van der Waals surface area contributed by atoms with Gasteiger partial charge in [-0.25, -0.2) is 0 Å². The molecule has 1 fully saturated rings. The minimum absolute atomic E-state index is 0.778. The molecule has 0 bridgehead atoms. The van der Waals surface area contributed by atoms with Gasteiger partial charge >= 0.3 is 0 Å². The SMILES string of the molecule is CC1CNCC(C)SS1. The molecule has 2 unspecified atom stereocenters. The van der Waals surface area contributed by atoms with Crippen molar-refractivity contribution < 1.29 is 0 Å². The Morgan fingerprint density at radius 2 is 1.56 bits per heavy atom. The molecule has 0 aromatic rings. The first-order chi connectivity index (χ1) is 4.29. The van der Waals surface area contributed by atoms with Crippen LogP contribution in [-0.2, 0) is 0 Å². The van der Waals surface area contributed by atoms with Crippen LogP contribution in [0.5, 0.6) is 0 Å². The van der Waals surface area contributed by atoms with E-state index in [4.69, 9.17) is 0 Å². The van der Waals surface area contributed by atoms with Gasteiger partial charge in [-0.2, -0.15) is 0 Å². The highest BCUT2D eigenvalue weighted by atomic mass is 33.1. The van der Waals surface area contributed by atoms with E-state index < -0.39 is 0 Å². The van der Waals surface area contributed by atoms with Crippen LogP contribution in [0.15, 0.2) is 0 Å². The Morgan fingerprint density at radius 3 is 2.00 bits per heavy atom. The second-order valence-electron chi connectivity index (χ2n) is 2.47. The van der Waals surface area contributed by atoms with Gasteiger partial charge in [-0.1, -0.05) is 35.4 Å². The van der Waals surface area contributed by atoms with Gasteiger partial charge < -0.3 is 5.32 Å². The summed E-state index contributed by atoms with van der Waals surface area (Å²) in [5.41, 5.74) is 0. The van der Waals surface area contributed by atoms with Crippen molar-refractivity contribution in [3.8, 4) is 0 Å². The molecule has 1 aliphatic heterocycles. The van der Waals surface area contributed by atoms with Gasteiger partial charge in [0.05, 0.1) is 0 Å². The van der Waals surface area contributed by atoms with Crippen molar-refractivity contribution in [2.45, 2.75) is 24.3 Å². The Kier molecular flexibility index (Phi) is 3.22. The van der Waals surface area contributed by atoms with Crippen LogP contribution in [0.4, 0.5) is 0 Å². The summed E-state index contributed by atoms with van der Waals surface area (Å²) in [5.74, 6) is 0. The highest BCUT2D eigenvalue weighted by molar-refractivity contribution is 8.77. The second kappa shape index (κ2) is 3.74. The van der Waals surface area contributed by atoms with Gasteiger partial charge in [0.1, 0.15) is 0 Å². The fraction of sp³-hybridized carbons (Fsp3) is 1.00. The zero-order chi connectivity index (χ0) is 6.69. The Morgan fingerprint density at radius 1 is 1.11 bits per heavy atom. The first-order valence-corrected chi connectivity index (χ1v) is 5.59. The number of nitrogens with one attached hydrogen (secondary N) is 1. The molecule has 0 aliphatic carbocycles. The summed E-state index contributed by atoms with van der Waals surface area (Å²) in [7, 11) is 4.00. The molecule has 3 heteroatoms. The Balaban J connectivity index is 2.25. The minimum Gasteiger partial charge on any atom is -0.314 e. The normalized spacial score (nSPS) is 38.0. The van der Waals surface area contributed by atoms with Gasteiger partial charge in [0.25, 0.3) is 0 Å². The molecule has 1 rings (SSSR count). The van der Waals surface area contributed by atoms with Crippen LogP contribution in [0.2, 0.25) is 0 Å². The van der Waals surface area contributed by atoms with E-state index in [-0.39, 0.29) is 0 Å². The van der Waals surface area contributed by atoms with Gasteiger partial charge in [0, 0.05) is 23.6 Å². The van der Waals surface area contributed by atoms with Crippen molar-refractivity contribution in [2.75, 3.05) is 13.1 Å². The maximum Gasteiger partial charge on any atom is 0.0248 e. The fourth-order valence-corrected chi connectivity index (χ4v) is 3.05. The number of hydrogen-bond acceptors (Lipinski definition) is 3. The quantitative estimate of drug-likeness (QED) is 0.546. The average Bonchev–Trinajstić information content (AvgIpc) is 1.97. The molecule has 0 aromatic carbocycles. The summed E-state index contributed by atoms with van der Waals surface area (Å²) < 4.78 is 0. The van der Waals surface area contributed by atoms with Crippen molar-refractivity contribution in [1.82, 2.24) is 5.32 Å². The summed E-state index contributed by atoms with van der Waals surface area (Å²) in [4.78, 5) is 0. The van der Waals surface area contributed by atoms with E-state index in [0.717, 1.165) is 10.5 Å². The van der Waals surface area contributed by atoms with Gasteiger partial charge in [-0.3, -0.25) is 0 Å². The van der Waals surface area contributed by atoms with Gasteiger partial charge in [0.15, 0.2) is 0 Å². The lowest BCUT2D eigenvalue weighted by atomic mass is 10.4. The molecule has 1 aliphatic rings. The predicted octanol–water partition coefficient (Wildman–Crippen LogP) is 1.75. The molecular formula is C6H13NS2. The van der Waals surface area contributed by atoms with Crippen LogP contribution >= 0.6 is 21.6 Å². The molecule has 2 atom stereocenters. The van der Waals surface area contributed by atoms with Crippen molar-refractivity contribution >= 4 is 21.6 Å². The predicted molar refractivity (Wildman–Crippen MR) is 47.0 cm³/mol. The Labute approximate surface area is 64.8 Å². The summed E-state index contributed by atoms with van der Waals surface area (Å²) in [6.07, 6.45) is 0. The van der Waals surface area contributed by atoms with E-state index in [1.807, 2.05) is 21.6 Å². The van der Waals surface area contributed by atoms with Crippen LogP contribution in [-0.4, -0.2) is 23.6 Å². The molecule has 1 saturated heterocycles. The molecular weight excluding hydrogens is 150 g/mol. The first kappa shape index (κ1) is 7.76. The maximum atomic E-state index is 3.41. The molecule has 0 saturated carbocycles. The summed E-state index contributed by atoms with van der Waals surface area (Å²) in [5, 5.41) is 4.96. The van der Waals surface area contributed by atoms with Crippen LogP contribution < -0.4 is 5.32 Å². The second-order valence-corrected chi connectivity index (χ2v) is 5.62. The topological polar surface area (TPSA) is 12.0 Å². The average molecular weight is 163 g/mol. The molecule has 1 N–H and O–H groups in total. The summed E-state index contributed by atoms with van der Waals surface area (Å²) in [6.45, 7) is 6.87. The van der Waals surface area contributed by atoms with Crippen LogP contribution in [0.25, 0.3) is 0 Å². The molecule has 54 valence electrons. The third kappa shape index (κ3) is 2.83. The van der Waals surface area contributed by atoms with E-state index in [1.165, 1.54) is 13.1 Å². The molecule has 0 amide bonds. The molecule has 0 radical (unpaired) electrons. The third-order valence-corrected chi connectivity index (χ3v) is 4.65. The molecule has 0 aromatic heterocycles. The number of rotatable bonds is 0. The zero-order valence-corrected chi connectivity index (χ0v) is 7.52. The van der Waals surface area contributed by atoms with E-state index in [1.54, 1.807) is 0 Å². The van der Waals surface area contributed by atoms with E-state index >= 15 is 0 Å². The van der Waals surface area contributed by atoms with E-state index in [0.29, 0.717) is 0 Å². The fourth-order valence-electron chi connectivity index (χ4n) is 0.748. The van der Waals surface area contributed by atoms with Gasteiger partial charge in [-0.05, 0) is 0 Å². The molecule has 1 nitrogen and oxygen atoms in total. The van der Waals surface area contributed by atoms with Crippen LogP contribution in [0.3, 0.4) is 0 Å². The zero-order valence-electron chi connectivity index (χ0n) is 5.89. The van der Waals surface area contributed by atoms with Crippen molar-refractivity contribution in [3.63, 3.8) is 0 Å². The smallest absolute Gasteiger partial charge is 0.0248 e. The third-order valence-electron chi connectivity index (χ3n) is 1.25. The summed E-state index contributed by atoms with van der Waals surface area (Å²) >= 11 is 0. The van der Waals surface area contributed by atoms with Crippen molar-refractivity contribution in [1.29, 1.82) is 0 Å². The lowest BCUT2D eigenvalue weighted by molar-refractivity contribution is 0.683. The highest BCUT2D eigenvalue weighted by Crippen LogP contribution is 2.31. The van der Waals surface area contributed by atoms with Gasteiger partial charge in [-0.15, -0.1) is 0 Å². The Bertz CT molecular complexity index is 77.1. The largest absolute Gasteiger partial charge is 0.314 e. The van der Waals surface area contributed by atoms with Gasteiger partial charge in [0.2, 0.25) is 0 Å². The van der Waals surface area contributed by atoms with Crippen LogP contribution in [0, 0.1) is 0 Å². The minimum atomic E-state index is 0.778. The van der Waals surface area contributed by atoms with E-state index in [9.17, 15) is 0 Å². The monoisotopic (exact) mass is 163 g/mol. The van der Waals surface area contributed by atoms with E-state index in [2.05, 4.69) is 19.2 Å². The lowest BCUT2D eigenvalue weighted by Gasteiger charge is -2.03. The summed E-state index contributed by atoms with van der Waals surface area (Å²) in [6, 6.07) is 0. The van der Waals surface area contributed by atoms with Crippen LogP contribution in [0.1, 0.15) is 13.8 Å².